The van der Waals surface area contributed by atoms with Crippen LogP contribution in [0.15, 0.2) is 48.9 Å². The van der Waals surface area contributed by atoms with Gasteiger partial charge in [-0.3, -0.25) is 14.6 Å². The second kappa shape index (κ2) is 11.2. The standard InChI is InChI=1S/C27H29F6N7O2Si/c1-25(2,3)43(4,5)7-6-39-23(41)21(40(24(39)42)13-17-11-34-15-35-12-17)14-38-16-36-22(37-38)18-8-19(26(28,29)30)10-20(9-18)27(31,32)33/h8-12,14-16H,6-7,13H2,1-5H3. The predicted octanol–water partition coefficient (Wildman–Crippen LogP) is 6.54. The summed E-state index contributed by atoms with van der Waals surface area (Å²) in [6, 6.07) is 1.07. The molecular weight excluding hydrogens is 596 g/mol. The molecule has 0 radical (unpaired) electrons. The average molecular weight is 626 g/mol. The minimum absolute atomic E-state index is 0.00504. The predicted molar refractivity (Wildman–Crippen MR) is 146 cm³/mol. The van der Waals surface area contributed by atoms with Crippen LogP contribution in [-0.4, -0.2) is 61.1 Å². The molecule has 43 heavy (non-hydrogen) atoms. The van der Waals surface area contributed by atoms with E-state index >= 15 is 0 Å². The molecule has 0 saturated carbocycles. The van der Waals surface area contributed by atoms with Crippen molar-refractivity contribution in [3.63, 3.8) is 0 Å². The summed E-state index contributed by atoms with van der Waals surface area (Å²) in [4.78, 5) is 41.1. The molecule has 1 aliphatic rings. The molecule has 2 aromatic heterocycles. The van der Waals surface area contributed by atoms with Crippen LogP contribution in [0, 0.1) is 0 Å². The third-order valence-electron chi connectivity index (χ3n) is 7.77. The van der Waals surface area contributed by atoms with Crippen molar-refractivity contribution in [2.24, 2.45) is 0 Å². The molecule has 0 N–H and O–H groups in total. The second-order valence-corrected chi connectivity index (χ2v) is 17.6. The van der Waals surface area contributed by atoms with Crippen LogP contribution >= 0.6 is 0 Å². The van der Waals surface area contributed by atoms with Gasteiger partial charge in [-0.25, -0.2) is 24.4 Å². The maximum absolute atomic E-state index is 13.5. The van der Waals surface area contributed by atoms with E-state index in [1.807, 2.05) is 0 Å². The number of urea groups is 1. The zero-order chi connectivity index (χ0) is 32.0. The van der Waals surface area contributed by atoms with Crippen molar-refractivity contribution < 1.29 is 35.9 Å². The molecule has 3 aromatic rings. The summed E-state index contributed by atoms with van der Waals surface area (Å²) in [5.41, 5.74) is -3.15. The lowest BCUT2D eigenvalue weighted by molar-refractivity contribution is -0.143. The van der Waals surface area contributed by atoms with E-state index in [2.05, 4.69) is 53.9 Å². The smallest absolute Gasteiger partial charge is 0.283 e. The molecular formula is C27H29F6N7O2Si. The van der Waals surface area contributed by atoms with Crippen LogP contribution in [0.4, 0.5) is 31.1 Å². The lowest BCUT2D eigenvalue weighted by Gasteiger charge is -2.37. The van der Waals surface area contributed by atoms with Crippen molar-refractivity contribution >= 4 is 26.2 Å². The summed E-state index contributed by atoms with van der Waals surface area (Å²) in [6.45, 7) is 10.8. The summed E-state index contributed by atoms with van der Waals surface area (Å²) >= 11 is 0. The van der Waals surface area contributed by atoms with Gasteiger partial charge in [0.2, 0.25) is 0 Å². The number of hydrogen-bond donors (Lipinski definition) is 0. The van der Waals surface area contributed by atoms with E-state index in [0.717, 1.165) is 22.1 Å². The van der Waals surface area contributed by atoms with E-state index < -0.39 is 54.9 Å². The van der Waals surface area contributed by atoms with Crippen molar-refractivity contribution in [1.82, 2.24) is 34.5 Å². The zero-order valence-electron chi connectivity index (χ0n) is 24.0. The van der Waals surface area contributed by atoms with E-state index in [-0.39, 0.29) is 29.9 Å². The van der Waals surface area contributed by atoms with Crippen molar-refractivity contribution in [2.75, 3.05) is 6.54 Å². The van der Waals surface area contributed by atoms with Gasteiger partial charge in [0.15, 0.2) is 5.82 Å². The topological polar surface area (TPSA) is 97.1 Å². The van der Waals surface area contributed by atoms with E-state index in [4.69, 9.17) is 0 Å². The quantitative estimate of drug-likeness (QED) is 0.128. The van der Waals surface area contributed by atoms with Crippen LogP contribution in [0.5, 0.6) is 0 Å². The van der Waals surface area contributed by atoms with Gasteiger partial charge < -0.3 is 0 Å². The SMILES string of the molecule is CC(C)(C)[Si](C)(C)CCN1C(=O)C(=Cn2cnc(-c3cc(C(F)(F)F)cc(C(F)(F)F)c3)n2)N(Cc2cncnc2)C1=O. The molecule has 3 heterocycles. The van der Waals surface area contributed by atoms with Gasteiger partial charge in [0.25, 0.3) is 5.91 Å². The van der Waals surface area contributed by atoms with Crippen LogP contribution in [0.25, 0.3) is 17.6 Å². The number of hydrogen-bond acceptors (Lipinski definition) is 6. The summed E-state index contributed by atoms with van der Waals surface area (Å²) < 4.78 is 81.1. The van der Waals surface area contributed by atoms with Crippen LogP contribution < -0.4 is 0 Å². The number of nitrogens with zero attached hydrogens (tertiary/aromatic N) is 7. The van der Waals surface area contributed by atoms with E-state index in [1.54, 1.807) is 0 Å². The normalized spacial score (nSPS) is 16.1. The molecule has 0 unspecified atom stereocenters. The maximum Gasteiger partial charge on any atom is 0.416 e. The van der Waals surface area contributed by atoms with E-state index in [1.165, 1.54) is 23.6 Å². The van der Waals surface area contributed by atoms with E-state index in [0.29, 0.717) is 23.7 Å². The summed E-state index contributed by atoms with van der Waals surface area (Å²) in [6.07, 6.45) is -3.67. The van der Waals surface area contributed by atoms with Gasteiger partial charge in [-0.15, -0.1) is 5.10 Å². The Kier molecular flexibility index (Phi) is 8.30. The molecule has 1 aliphatic heterocycles. The Bertz CT molecular complexity index is 1510. The van der Waals surface area contributed by atoms with Gasteiger partial charge in [0, 0.05) is 30.1 Å². The molecule has 9 nitrogen and oxygen atoms in total. The highest BCUT2D eigenvalue weighted by Crippen LogP contribution is 2.40. The van der Waals surface area contributed by atoms with Crippen molar-refractivity contribution in [2.45, 2.75) is 63.8 Å². The van der Waals surface area contributed by atoms with Crippen LogP contribution in [0.2, 0.25) is 24.2 Å². The van der Waals surface area contributed by atoms with E-state index in [9.17, 15) is 35.9 Å². The number of benzene rings is 1. The lowest BCUT2D eigenvalue weighted by atomic mass is 10.0. The van der Waals surface area contributed by atoms with Crippen LogP contribution in [0.1, 0.15) is 37.5 Å². The molecule has 230 valence electrons. The molecule has 16 heteroatoms. The number of carbonyl (C=O) groups is 2. The lowest BCUT2D eigenvalue weighted by Crippen LogP contribution is -2.42. The number of rotatable bonds is 7. The maximum atomic E-state index is 13.5. The third kappa shape index (κ3) is 6.95. The Morgan fingerprint density at radius 3 is 2.00 bits per heavy atom. The summed E-state index contributed by atoms with van der Waals surface area (Å²) in [7, 11) is -1.89. The van der Waals surface area contributed by atoms with Crippen molar-refractivity contribution in [3.8, 4) is 11.4 Å². The summed E-state index contributed by atoms with van der Waals surface area (Å²) in [5.74, 6) is -1.07. The molecule has 0 spiro atoms. The van der Waals surface area contributed by atoms with Crippen molar-refractivity contribution in [1.29, 1.82) is 0 Å². The molecule has 0 aliphatic carbocycles. The molecule has 1 aromatic carbocycles. The highest BCUT2D eigenvalue weighted by Gasteiger charge is 2.43. The number of amides is 3. The zero-order valence-corrected chi connectivity index (χ0v) is 25.0. The molecule has 1 saturated heterocycles. The van der Waals surface area contributed by atoms with Gasteiger partial charge >= 0.3 is 18.4 Å². The highest BCUT2D eigenvalue weighted by molar-refractivity contribution is 6.80. The van der Waals surface area contributed by atoms with Gasteiger partial charge in [0.05, 0.1) is 31.9 Å². The van der Waals surface area contributed by atoms with Crippen LogP contribution in [-0.2, 0) is 23.7 Å². The Morgan fingerprint density at radius 2 is 1.47 bits per heavy atom. The van der Waals surface area contributed by atoms with Gasteiger partial charge in [-0.1, -0.05) is 33.9 Å². The Morgan fingerprint density at radius 1 is 0.884 bits per heavy atom. The minimum Gasteiger partial charge on any atom is -0.283 e. The first-order chi connectivity index (χ1) is 19.8. The van der Waals surface area contributed by atoms with Gasteiger partial charge in [-0.2, -0.15) is 26.3 Å². The van der Waals surface area contributed by atoms with Crippen molar-refractivity contribution in [3.05, 3.63) is 65.6 Å². The Balaban J connectivity index is 1.71. The average Bonchev–Trinajstić information content (AvgIpc) is 3.45. The van der Waals surface area contributed by atoms with Crippen LogP contribution in [0.3, 0.4) is 0 Å². The molecule has 0 bridgehead atoms. The third-order valence-corrected chi connectivity index (χ3v) is 13.3. The highest BCUT2D eigenvalue weighted by atomic mass is 28.3. The molecule has 0 atom stereocenters. The Hall–Kier alpha value is -4.08. The first kappa shape index (κ1) is 31.8. The second-order valence-electron chi connectivity index (χ2n) is 11.8. The number of imide groups is 1. The molecule has 1 fully saturated rings. The number of halogens is 6. The number of aromatic nitrogens is 5. The fraction of sp³-hybridized carbons (Fsp3) is 0.407. The number of carbonyl (C=O) groups excluding carboxylic acids is 2. The molecule has 3 amide bonds. The largest absolute Gasteiger partial charge is 0.416 e. The number of alkyl halides is 6. The fourth-order valence-corrected chi connectivity index (χ4v) is 5.64. The first-order valence-electron chi connectivity index (χ1n) is 13.1. The Labute approximate surface area is 244 Å². The fourth-order valence-electron chi connectivity index (χ4n) is 4.10. The first-order valence-corrected chi connectivity index (χ1v) is 16.3. The summed E-state index contributed by atoms with van der Waals surface area (Å²) in [5, 5.41) is 4.01. The van der Waals surface area contributed by atoms with Gasteiger partial charge in [0.1, 0.15) is 18.4 Å². The van der Waals surface area contributed by atoms with Gasteiger partial charge in [-0.05, 0) is 29.3 Å². The monoisotopic (exact) mass is 625 g/mol. The molecule has 4 rings (SSSR count). The minimum atomic E-state index is -5.05.